The van der Waals surface area contributed by atoms with Crippen molar-refractivity contribution in [2.45, 2.75) is 76.5 Å². The van der Waals surface area contributed by atoms with E-state index in [1.807, 2.05) is 76.2 Å². The molecule has 44 heavy (non-hydrogen) atoms. The van der Waals surface area contributed by atoms with E-state index in [1.165, 1.54) is 0 Å². The number of benzene rings is 3. The van der Waals surface area contributed by atoms with Crippen molar-refractivity contribution in [2.75, 3.05) is 6.61 Å². The van der Waals surface area contributed by atoms with Crippen LogP contribution in [0.2, 0.25) is 0 Å². The highest BCUT2D eigenvalue weighted by Gasteiger charge is 2.65. The zero-order chi connectivity index (χ0) is 31.4. The first kappa shape index (κ1) is 31.4. The highest BCUT2D eigenvalue weighted by Crippen LogP contribution is 2.55. The zero-order valence-corrected chi connectivity index (χ0v) is 26.2. The standard InChI is InChI=1S/C38H42O6/c1-6-7-26-41-38(29-22-14-15-23-29)31-25-17-16-24-30(31)37(5,44-36(2,3)4)32(42-34(39)27-18-10-8-11-19-27)33(38)43-35(40)28-20-12-9-13-21-28/h8-25,29,32-33H,6-7,26H2,1-5H3/t32?,33?,37-,38+/m1/s1. The molecule has 0 heterocycles. The molecule has 5 rings (SSSR count). The van der Waals surface area contributed by atoms with E-state index in [-0.39, 0.29) is 5.92 Å². The Morgan fingerprint density at radius 1 is 0.727 bits per heavy atom. The van der Waals surface area contributed by atoms with E-state index in [2.05, 4.69) is 19.1 Å². The Bertz CT molecular complexity index is 1490. The molecule has 230 valence electrons. The number of ether oxygens (including phenoxy) is 4. The normalized spacial score (nSPS) is 24.6. The molecule has 0 amide bonds. The molecule has 6 nitrogen and oxygen atoms in total. The van der Waals surface area contributed by atoms with Gasteiger partial charge in [-0.05, 0) is 69.5 Å². The van der Waals surface area contributed by atoms with Crippen LogP contribution in [-0.2, 0) is 30.1 Å². The second kappa shape index (κ2) is 12.9. The van der Waals surface area contributed by atoms with Crippen LogP contribution in [0.1, 0.15) is 79.3 Å². The molecule has 0 N–H and O–H groups in total. The SMILES string of the molecule is CCCCO[C@@]1(C2C=CC=C2)c2ccccc2[C@@](C)(OC(C)(C)C)C(OC(=O)c2ccccc2)C1OC(=O)c1ccccc1. The van der Waals surface area contributed by atoms with E-state index < -0.39 is 40.9 Å². The summed E-state index contributed by atoms with van der Waals surface area (Å²) in [7, 11) is 0. The van der Waals surface area contributed by atoms with Crippen molar-refractivity contribution >= 4 is 11.9 Å². The third-order valence-corrected chi connectivity index (χ3v) is 8.21. The van der Waals surface area contributed by atoms with Crippen LogP contribution in [0.4, 0.5) is 0 Å². The minimum Gasteiger partial charge on any atom is -0.451 e. The van der Waals surface area contributed by atoms with Gasteiger partial charge in [0.15, 0.2) is 12.2 Å². The summed E-state index contributed by atoms with van der Waals surface area (Å²) in [6.45, 7) is 10.3. The quantitative estimate of drug-likeness (QED) is 0.175. The molecule has 0 bridgehead atoms. The molecule has 0 aliphatic heterocycles. The van der Waals surface area contributed by atoms with Gasteiger partial charge in [0.25, 0.3) is 0 Å². The Morgan fingerprint density at radius 2 is 1.23 bits per heavy atom. The lowest BCUT2D eigenvalue weighted by atomic mass is 9.63. The van der Waals surface area contributed by atoms with Gasteiger partial charge in [0.2, 0.25) is 0 Å². The van der Waals surface area contributed by atoms with E-state index in [0.717, 1.165) is 24.0 Å². The number of carbonyl (C=O) groups is 2. The van der Waals surface area contributed by atoms with Crippen molar-refractivity contribution in [1.29, 1.82) is 0 Å². The Morgan fingerprint density at radius 3 is 1.75 bits per heavy atom. The lowest BCUT2D eigenvalue weighted by Crippen LogP contribution is -2.66. The summed E-state index contributed by atoms with van der Waals surface area (Å²) in [5, 5.41) is 0. The molecule has 0 saturated carbocycles. The van der Waals surface area contributed by atoms with E-state index in [0.29, 0.717) is 17.7 Å². The van der Waals surface area contributed by atoms with E-state index in [1.54, 1.807) is 48.5 Å². The lowest BCUT2D eigenvalue weighted by Gasteiger charge is -2.56. The van der Waals surface area contributed by atoms with Crippen LogP contribution >= 0.6 is 0 Å². The molecule has 2 unspecified atom stereocenters. The zero-order valence-electron chi connectivity index (χ0n) is 26.2. The number of hydrogen-bond donors (Lipinski definition) is 0. The van der Waals surface area contributed by atoms with Crippen molar-refractivity contribution < 1.29 is 28.5 Å². The largest absolute Gasteiger partial charge is 0.451 e. The first-order chi connectivity index (χ1) is 21.1. The van der Waals surface area contributed by atoms with Crippen molar-refractivity contribution in [3.8, 4) is 0 Å². The molecular formula is C38H42O6. The van der Waals surface area contributed by atoms with Gasteiger partial charge >= 0.3 is 11.9 Å². The fourth-order valence-corrected chi connectivity index (χ4v) is 6.39. The maximum atomic E-state index is 14.0. The van der Waals surface area contributed by atoms with Gasteiger partial charge in [0.1, 0.15) is 11.2 Å². The van der Waals surface area contributed by atoms with Gasteiger partial charge in [-0.1, -0.05) is 98.3 Å². The molecule has 0 spiro atoms. The monoisotopic (exact) mass is 594 g/mol. The van der Waals surface area contributed by atoms with E-state index in [9.17, 15) is 9.59 Å². The predicted octanol–water partition coefficient (Wildman–Crippen LogP) is 7.94. The second-order valence-electron chi connectivity index (χ2n) is 12.5. The van der Waals surface area contributed by atoms with Crippen LogP contribution in [0.5, 0.6) is 0 Å². The number of unbranched alkanes of at least 4 members (excludes halogenated alkanes) is 1. The highest BCUT2D eigenvalue weighted by atomic mass is 16.6. The van der Waals surface area contributed by atoms with Gasteiger partial charge < -0.3 is 18.9 Å². The Labute approximate surface area is 260 Å². The van der Waals surface area contributed by atoms with Crippen molar-refractivity contribution in [3.05, 3.63) is 131 Å². The smallest absolute Gasteiger partial charge is 0.338 e. The average Bonchev–Trinajstić information content (AvgIpc) is 3.56. The average molecular weight is 595 g/mol. The van der Waals surface area contributed by atoms with Crippen LogP contribution in [-0.4, -0.2) is 36.4 Å². The Hall–Kier alpha value is -4.00. The maximum absolute atomic E-state index is 14.0. The predicted molar refractivity (Wildman–Crippen MR) is 170 cm³/mol. The van der Waals surface area contributed by atoms with Crippen LogP contribution in [0, 0.1) is 5.92 Å². The minimum absolute atomic E-state index is 0.314. The Balaban J connectivity index is 1.78. The Kier molecular flexibility index (Phi) is 9.23. The summed E-state index contributed by atoms with van der Waals surface area (Å²) >= 11 is 0. The fourth-order valence-electron chi connectivity index (χ4n) is 6.39. The number of fused-ring (bicyclic) bond motifs is 1. The number of esters is 2. The molecule has 3 aromatic carbocycles. The van der Waals surface area contributed by atoms with Crippen molar-refractivity contribution in [3.63, 3.8) is 0 Å². The fraction of sp³-hybridized carbons (Fsp3) is 0.368. The molecule has 2 aliphatic rings. The first-order valence-electron chi connectivity index (χ1n) is 15.4. The molecule has 0 radical (unpaired) electrons. The van der Waals surface area contributed by atoms with Gasteiger partial charge in [0, 0.05) is 12.5 Å². The number of carbonyl (C=O) groups excluding carboxylic acids is 2. The maximum Gasteiger partial charge on any atom is 0.338 e. The number of rotatable bonds is 10. The third-order valence-electron chi connectivity index (χ3n) is 8.21. The van der Waals surface area contributed by atoms with E-state index in [4.69, 9.17) is 18.9 Å². The topological polar surface area (TPSA) is 71.1 Å². The van der Waals surface area contributed by atoms with Crippen LogP contribution in [0.25, 0.3) is 0 Å². The van der Waals surface area contributed by atoms with Crippen molar-refractivity contribution in [1.82, 2.24) is 0 Å². The molecule has 0 fully saturated rings. The van der Waals surface area contributed by atoms with Gasteiger partial charge in [-0.15, -0.1) is 0 Å². The summed E-state index contributed by atoms with van der Waals surface area (Å²) in [5.74, 6) is -1.39. The molecule has 0 saturated heterocycles. The summed E-state index contributed by atoms with van der Waals surface area (Å²) in [6, 6.07) is 25.6. The first-order valence-corrected chi connectivity index (χ1v) is 15.4. The molecule has 3 aromatic rings. The van der Waals surface area contributed by atoms with E-state index >= 15 is 0 Å². The minimum atomic E-state index is -1.22. The lowest BCUT2D eigenvalue weighted by molar-refractivity contribution is -0.260. The molecule has 0 aromatic heterocycles. The van der Waals surface area contributed by atoms with Crippen molar-refractivity contribution in [2.24, 2.45) is 5.92 Å². The summed E-state index contributed by atoms with van der Waals surface area (Å²) in [5.41, 5.74) is -0.663. The van der Waals surface area contributed by atoms with Gasteiger partial charge in [-0.3, -0.25) is 0 Å². The third kappa shape index (κ3) is 6.15. The van der Waals surface area contributed by atoms with Crippen LogP contribution < -0.4 is 0 Å². The van der Waals surface area contributed by atoms with Crippen LogP contribution in [0.3, 0.4) is 0 Å². The van der Waals surface area contributed by atoms with Gasteiger partial charge in [0.05, 0.1) is 16.7 Å². The second-order valence-corrected chi connectivity index (χ2v) is 12.5. The molecule has 6 heteroatoms. The number of allylic oxidation sites excluding steroid dienone is 2. The summed E-state index contributed by atoms with van der Waals surface area (Å²) < 4.78 is 26.9. The molecule has 2 aliphatic carbocycles. The van der Waals surface area contributed by atoms with Crippen LogP contribution in [0.15, 0.2) is 109 Å². The molecule has 4 atom stereocenters. The van der Waals surface area contributed by atoms with Gasteiger partial charge in [-0.2, -0.15) is 0 Å². The highest BCUT2D eigenvalue weighted by molar-refractivity contribution is 5.90. The summed E-state index contributed by atoms with van der Waals surface area (Å²) in [4.78, 5) is 27.8. The van der Waals surface area contributed by atoms with Gasteiger partial charge in [-0.25, -0.2) is 9.59 Å². The molecular weight excluding hydrogens is 552 g/mol. The number of hydrogen-bond acceptors (Lipinski definition) is 6. The summed E-state index contributed by atoms with van der Waals surface area (Å²) in [6.07, 6.45) is 7.59.